The molecular weight excluding hydrogens is 196 g/mol. The third-order valence-corrected chi connectivity index (χ3v) is 3.10. The van der Waals surface area contributed by atoms with Gasteiger partial charge < -0.3 is 14.2 Å². The monoisotopic (exact) mass is 214 g/mol. The molecule has 1 saturated heterocycles. The van der Waals surface area contributed by atoms with E-state index in [-0.39, 0.29) is 11.9 Å². The minimum atomic E-state index is -0.477. The summed E-state index contributed by atoms with van der Waals surface area (Å²) in [5.41, 5.74) is 0. The molecule has 2 fully saturated rings. The van der Waals surface area contributed by atoms with Crippen molar-refractivity contribution in [2.45, 2.75) is 38.4 Å². The molecule has 0 bridgehead atoms. The van der Waals surface area contributed by atoms with E-state index in [0.717, 1.165) is 19.3 Å². The molecule has 1 saturated carbocycles. The summed E-state index contributed by atoms with van der Waals surface area (Å²) in [6, 6.07) is 0. The van der Waals surface area contributed by atoms with Crippen LogP contribution < -0.4 is 0 Å². The molecule has 0 amide bonds. The predicted molar refractivity (Wildman–Crippen MR) is 53.2 cm³/mol. The highest BCUT2D eigenvalue weighted by atomic mass is 16.7. The van der Waals surface area contributed by atoms with Gasteiger partial charge in [-0.2, -0.15) is 0 Å². The van der Waals surface area contributed by atoms with Crippen molar-refractivity contribution in [1.82, 2.24) is 0 Å². The highest BCUT2D eigenvalue weighted by Gasteiger charge is 2.43. The Labute approximate surface area is 89.9 Å². The van der Waals surface area contributed by atoms with Crippen LogP contribution in [-0.2, 0) is 19.0 Å². The predicted octanol–water partition coefficient (Wildman–Crippen LogP) is 1.48. The maximum Gasteiger partial charge on any atom is 0.309 e. The van der Waals surface area contributed by atoms with Gasteiger partial charge in [0.1, 0.15) is 0 Å². The molecule has 2 rings (SSSR count). The van der Waals surface area contributed by atoms with Crippen molar-refractivity contribution < 1.29 is 19.0 Å². The van der Waals surface area contributed by atoms with E-state index in [4.69, 9.17) is 14.2 Å². The lowest BCUT2D eigenvalue weighted by molar-refractivity contribution is -0.195. The Kier molecular flexibility index (Phi) is 3.26. The lowest BCUT2D eigenvalue weighted by Gasteiger charge is -2.34. The molecule has 86 valence electrons. The molecule has 0 aromatic rings. The first-order valence-corrected chi connectivity index (χ1v) is 5.70. The van der Waals surface area contributed by atoms with Crippen LogP contribution >= 0.6 is 0 Å². The Hall–Kier alpha value is -0.610. The number of hydrogen-bond donors (Lipinski definition) is 0. The van der Waals surface area contributed by atoms with Gasteiger partial charge in [-0.1, -0.05) is 0 Å². The summed E-state index contributed by atoms with van der Waals surface area (Å²) in [4.78, 5) is 11.6. The normalized spacial score (nSPS) is 29.3. The molecule has 0 aromatic heterocycles. The zero-order chi connectivity index (χ0) is 10.7. The van der Waals surface area contributed by atoms with Crippen molar-refractivity contribution in [3.05, 3.63) is 0 Å². The molecule has 0 N–H and O–H groups in total. The molecule has 15 heavy (non-hydrogen) atoms. The fraction of sp³-hybridized carbons (Fsp3) is 0.909. The fourth-order valence-corrected chi connectivity index (χ4v) is 2.42. The molecule has 2 aliphatic rings. The average molecular weight is 214 g/mol. The third-order valence-electron chi connectivity index (χ3n) is 3.10. The number of esters is 1. The van der Waals surface area contributed by atoms with Gasteiger partial charge in [-0.3, -0.25) is 4.79 Å². The summed E-state index contributed by atoms with van der Waals surface area (Å²) in [7, 11) is 0. The van der Waals surface area contributed by atoms with Gasteiger partial charge in [0.05, 0.1) is 25.7 Å². The maximum atomic E-state index is 11.6. The zero-order valence-corrected chi connectivity index (χ0v) is 9.16. The summed E-state index contributed by atoms with van der Waals surface area (Å²) in [5, 5.41) is 0. The van der Waals surface area contributed by atoms with E-state index in [1.165, 1.54) is 0 Å². The van der Waals surface area contributed by atoms with Gasteiger partial charge in [-0.15, -0.1) is 0 Å². The minimum Gasteiger partial charge on any atom is -0.466 e. The second-order valence-corrected chi connectivity index (χ2v) is 4.15. The van der Waals surface area contributed by atoms with Crippen molar-refractivity contribution in [2.75, 3.05) is 19.8 Å². The molecule has 1 aliphatic heterocycles. The molecule has 0 unspecified atom stereocenters. The molecule has 0 aromatic carbocycles. The number of hydrogen-bond acceptors (Lipinski definition) is 4. The van der Waals surface area contributed by atoms with Crippen molar-refractivity contribution in [3.8, 4) is 0 Å². The molecule has 1 atom stereocenters. The van der Waals surface area contributed by atoms with Crippen LogP contribution in [0.1, 0.15) is 32.6 Å². The van der Waals surface area contributed by atoms with Crippen molar-refractivity contribution in [2.24, 2.45) is 5.92 Å². The molecule has 1 spiro atoms. The van der Waals surface area contributed by atoms with Gasteiger partial charge in [0.15, 0.2) is 5.79 Å². The first-order valence-electron chi connectivity index (χ1n) is 5.70. The summed E-state index contributed by atoms with van der Waals surface area (Å²) in [5.74, 6) is -0.622. The highest BCUT2D eigenvalue weighted by molar-refractivity contribution is 5.72. The SMILES string of the molecule is CCOC(=O)[C@H]1CCCC2(C1)OCCO2. The van der Waals surface area contributed by atoms with E-state index >= 15 is 0 Å². The molecular formula is C11H18O4. The highest BCUT2D eigenvalue weighted by Crippen LogP contribution is 2.39. The van der Waals surface area contributed by atoms with Crippen molar-refractivity contribution in [3.63, 3.8) is 0 Å². The molecule has 1 heterocycles. The second kappa shape index (κ2) is 4.49. The van der Waals surface area contributed by atoms with E-state index in [2.05, 4.69) is 0 Å². The Bertz CT molecular complexity index is 233. The summed E-state index contributed by atoms with van der Waals surface area (Å²) < 4.78 is 16.3. The van der Waals surface area contributed by atoms with Gasteiger partial charge in [0.25, 0.3) is 0 Å². The minimum absolute atomic E-state index is 0.0446. The lowest BCUT2D eigenvalue weighted by Crippen LogP contribution is -2.39. The summed E-state index contributed by atoms with van der Waals surface area (Å²) >= 11 is 0. The van der Waals surface area contributed by atoms with Crippen LogP contribution in [0, 0.1) is 5.92 Å². The van der Waals surface area contributed by atoms with E-state index in [9.17, 15) is 4.79 Å². The molecule has 1 aliphatic carbocycles. The van der Waals surface area contributed by atoms with E-state index in [0.29, 0.717) is 26.2 Å². The number of carbonyl (C=O) groups excluding carboxylic acids is 1. The summed E-state index contributed by atoms with van der Waals surface area (Å²) in [6.45, 7) is 3.58. The number of rotatable bonds is 2. The quantitative estimate of drug-likeness (QED) is 0.653. The Morgan fingerprint density at radius 1 is 1.47 bits per heavy atom. The van der Waals surface area contributed by atoms with Crippen LogP contribution in [-0.4, -0.2) is 31.6 Å². The Balaban J connectivity index is 1.94. The average Bonchev–Trinajstić information content (AvgIpc) is 2.67. The van der Waals surface area contributed by atoms with E-state index in [1.807, 2.05) is 6.92 Å². The molecule has 0 radical (unpaired) electrons. The fourth-order valence-electron chi connectivity index (χ4n) is 2.42. The second-order valence-electron chi connectivity index (χ2n) is 4.15. The first-order chi connectivity index (χ1) is 7.26. The summed E-state index contributed by atoms with van der Waals surface area (Å²) in [6.07, 6.45) is 3.44. The van der Waals surface area contributed by atoms with Gasteiger partial charge in [0, 0.05) is 12.8 Å². The van der Waals surface area contributed by atoms with Gasteiger partial charge in [-0.25, -0.2) is 0 Å². The third kappa shape index (κ3) is 2.32. The van der Waals surface area contributed by atoms with Gasteiger partial charge >= 0.3 is 5.97 Å². The van der Waals surface area contributed by atoms with Crippen LogP contribution in [0.4, 0.5) is 0 Å². The van der Waals surface area contributed by atoms with Crippen LogP contribution in [0.3, 0.4) is 0 Å². The van der Waals surface area contributed by atoms with Crippen LogP contribution in [0.2, 0.25) is 0 Å². The first kappa shape index (κ1) is 10.9. The van der Waals surface area contributed by atoms with Gasteiger partial charge in [-0.05, 0) is 19.8 Å². The van der Waals surface area contributed by atoms with Crippen molar-refractivity contribution >= 4 is 5.97 Å². The zero-order valence-electron chi connectivity index (χ0n) is 9.16. The largest absolute Gasteiger partial charge is 0.466 e. The standard InChI is InChI=1S/C11H18O4/c1-2-13-10(12)9-4-3-5-11(8-9)14-6-7-15-11/h9H,2-8H2,1H3/t9-/m0/s1. The maximum absolute atomic E-state index is 11.6. The molecule has 4 heteroatoms. The van der Waals surface area contributed by atoms with Crippen LogP contribution in [0.5, 0.6) is 0 Å². The Morgan fingerprint density at radius 3 is 2.87 bits per heavy atom. The lowest BCUT2D eigenvalue weighted by atomic mass is 9.85. The number of ether oxygens (including phenoxy) is 3. The van der Waals surface area contributed by atoms with E-state index < -0.39 is 5.79 Å². The van der Waals surface area contributed by atoms with Gasteiger partial charge in [0.2, 0.25) is 0 Å². The topological polar surface area (TPSA) is 44.8 Å². The van der Waals surface area contributed by atoms with Crippen LogP contribution in [0.25, 0.3) is 0 Å². The molecule has 4 nitrogen and oxygen atoms in total. The van der Waals surface area contributed by atoms with E-state index in [1.54, 1.807) is 0 Å². The Morgan fingerprint density at radius 2 is 2.20 bits per heavy atom. The van der Waals surface area contributed by atoms with Crippen molar-refractivity contribution in [1.29, 1.82) is 0 Å². The van der Waals surface area contributed by atoms with Crippen LogP contribution in [0.15, 0.2) is 0 Å². The smallest absolute Gasteiger partial charge is 0.309 e. The number of carbonyl (C=O) groups is 1.